The van der Waals surface area contributed by atoms with Gasteiger partial charge in [-0.2, -0.15) is 0 Å². The lowest BCUT2D eigenvalue weighted by Gasteiger charge is -2.29. The van der Waals surface area contributed by atoms with Crippen LogP contribution in [0.5, 0.6) is 0 Å². The minimum absolute atomic E-state index is 0.156. The van der Waals surface area contributed by atoms with Crippen molar-refractivity contribution >= 4 is 11.3 Å². The first-order chi connectivity index (χ1) is 6.68. The molecule has 0 radical (unpaired) electrons. The smallest absolute Gasteiger partial charge is 0.0473 e. The maximum Gasteiger partial charge on any atom is 0.0473 e. The topological polar surface area (TPSA) is 12.0 Å². The summed E-state index contributed by atoms with van der Waals surface area (Å²) in [5, 5.41) is 5.93. The van der Waals surface area contributed by atoms with Crippen LogP contribution in [0.15, 0.2) is 17.5 Å². The molecule has 0 spiro atoms. The molecule has 1 aliphatic rings. The Hall–Kier alpha value is -0.340. The first-order valence-corrected chi connectivity index (χ1v) is 6.38. The fourth-order valence-corrected chi connectivity index (χ4v) is 3.10. The van der Waals surface area contributed by atoms with Crippen LogP contribution in [-0.4, -0.2) is 6.04 Å². The molecule has 14 heavy (non-hydrogen) atoms. The lowest BCUT2D eigenvalue weighted by atomic mass is 10.0. The molecule has 0 amide bonds. The minimum Gasteiger partial charge on any atom is -0.304 e. The van der Waals surface area contributed by atoms with E-state index < -0.39 is 0 Å². The molecule has 1 fully saturated rings. The zero-order valence-corrected chi connectivity index (χ0v) is 9.86. The van der Waals surface area contributed by atoms with Gasteiger partial charge in [-0.1, -0.05) is 18.9 Å². The van der Waals surface area contributed by atoms with E-state index in [1.165, 1.54) is 30.6 Å². The first kappa shape index (κ1) is 10.2. The Morgan fingerprint density at radius 3 is 2.64 bits per heavy atom. The van der Waals surface area contributed by atoms with Gasteiger partial charge in [0.2, 0.25) is 0 Å². The van der Waals surface area contributed by atoms with Gasteiger partial charge in [-0.3, -0.25) is 0 Å². The SMILES string of the molecule is CC(C)(NC1CCCC1)c1cccs1. The molecular weight excluding hydrogens is 190 g/mol. The molecule has 0 aromatic carbocycles. The van der Waals surface area contributed by atoms with Gasteiger partial charge >= 0.3 is 0 Å². The van der Waals surface area contributed by atoms with Crippen molar-refractivity contribution in [3.05, 3.63) is 22.4 Å². The predicted molar refractivity (Wildman–Crippen MR) is 62.7 cm³/mol. The maximum absolute atomic E-state index is 3.77. The molecule has 0 saturated heterocycles. The van der Waals surface area contributed by atoms with Crippen molar-refractivity contribution in [1.29, 1.82) is 0 Å². The summed E-state index contributed by atoms with van der Waals surface area (Å²) in [6, 6.07) is 5.11. The third-order valence-electron chi connectivity index (χ3n) is 3.06. The summed E-state index contributed by atoms with van der Waals surface area (Å²) in [5.74, 6) is 0. The second-order valence-corrected chi connectivity index (χ2v) is 5.68. The van der Waals surface area contributed by atoms with Gasteiger partial charge in [-0.25, -0.2) is 0 Å². The third-order valence-corrected chi connectivity index (χ3v) is 4.25. The highest BCUT2D eigenvalue weighted by Crippen LogP contribution is 2.28. The first-order valence-electron chi connectivity index (χ1n) is 5.50. The highest BCUT2D eigenvalue weighted by Gasteiger charge is 2.26. The Morgan fingerprint density at radius 1 is 1.36 bits per heavy atom. The molecular formula is C12H19NS. The summed E-state index contributed by atoms with van der Waals surface area (Å²) in [5.41, 5.74) is 0.156. The number of hydrogen-bond acceptors (Lipinski definition) is 2. The van der Waals surface area contributed by atoms with E-state index in [-0.39, 0.29) is 5.54 Å². The largest absolute Gasteiger partial charge is 0.304 e. The molecule has 1 aromatic heterocycles. The monoisotopic (exact) mass is 209 g/mol. The number of nitrogens with one attached hydrogen (secondary N) is 1. The standard InChI is InChI=1S/C12H19NS/c1-12(2,11-8-5-9-14-11)13-10-6-3-4-7-10/h5,8-10,13H,3-4,6-7H2,1-2H3. The lowest BCUT2D eigenvalue weighted by molar-refractivity contribution is 0.348. The van der Waals surface area contributed by atoms with Crippen molar-refractivity contribution in [3.8, 4) is 0 Å². The Kier molecular flexibility index (Phi) is 2.93. The summed E-state index contributed by atoms with van der Waals surface area (Å²) < 4.78 is 0. The van der Waals surface area contributed by atoms with Crippen LogP contribution in [0.3, 0.4) is 0 Å². The molecule has 2 heteroatoms. The molecule has 1 heterocycles. The van der Waals surface area contributed by atoms with Crippen LogP contribution in [0.4, 0.5) is 0 Å². The average Bonchev–Trinajstić information content (AvgIpc) is 2.71. The summed E-state index contributed by atoms with van der Waals surface area (Å²) in [4.78, 5) is 1.45. The molecule has 1 nitrogen and oxygen atoms in total. The summed E-state index contributed by atoms with van der Waals surface area (Å²) in [6.07, 6.45) is 5.51. The fourth-order valence-electron chi connectivity index (χ4n) is 2.29. The Bertz CT molecular complexity index is 271. The van der Waals surface area contributed by atoms with Gasteiger partial charge < -0.3 is 5.32 Å². The molecule has 0 atom stereocenters. The second kappa shape index (κ2) is 4.03. The minimum atomic E-state index is 0.156. The Morgan fingerprint density at radius 2 is 2.07 bits per heavy atom. The molecule has 1 saturated carbocycles. The molecule has 0 bridgehead atoms. The van der Waals surface area contributed by atoms with E-state index in [4.69, 9.17) is 0 Å². The van der Waals surface area contributed by atoms with Crippen molar-refractivity contribution in [3.63, 3.8) is 0 Å². The third kappa shape index (κ3) is 2.18. The van der Waals surface area contributed by atoms with Crippen LogP contribution in [0.2, 0.25) is 0 Å². The van der Waals surface area contributed by atoms with Gasteiger partial charge in [-0.05, 0) is 38.1 Å². The summed E-state index contributed by atoms with van der Waals surface area (Å²) >= 11 is 1.85. The molecule has 1 aliphatic carbocycles. The van der Waals surface area contributed by atoms with Crippen LogP contribution in [0.25, 0.3) is 0 Å². The molecule has 1 N–H and O–H groups in total. The highest BCUT2D eigenvalue weighted by molar-refractivity contribution is 7.10. The van der Waals surface area contributed by atoms with Crippen molar-refractivity contribution < 1.29 is 0 Å². The van der Waals surface area contributed by atoms with Gasteiger partial charge in [0.25, 0.3) is 0 Å². The summed E-state index contributed by atoms with van der Waals surface area (Å²) in [6.45, 7) is 4.58. The quantitative estimate of drug-likeness (QED) is 0.803. The van der Waals surface area contributed by atoms with Crippen LogP contribution >= 0.6 is 11.3 Å². The van der Waals surface area contributed by atoms with E-state index in [2.05, 4.69) is 36.7 Å². The number of thiophene rings is 1. The van der Waals surface area contributed by atoms with E-state index in [1.54, 1.807) is 0 Å². The number of rotatable bonds is 3. The molecule has 0 aliphatic heterocycles. The van der Waals surface area contributed by atoms with Crippen LogP contribution in [0, 0.1) is 0 Å². The van der Waals surface area contributed by atoms with Crippen molar-refractivity contribution in [2.75, 3.05) is 0 Å². The van der Waals surface area contributed by atoms with Gasteiger partial charge in [-0.15, -0.1) is 11.3 Å². The van der Waals surface area contributed by atoms with Crippen molar-refractivity contribution in [2.24, 2.45) is 0 Å². The van der Waals surface area contributed by atoms with Crippen LogP contribution in [0.1, 0.15) is 44.4 Å². The van der Waals surface area contributed by atoms with Gasteiger partial charge in [0, 0.05) is 16.5 Å². The van der Waals surface area contributed by atoms with Gasteiger partial charge in [0.1, 0.15) is 0 Å². The Labute approximate surface area is 90.5 Å². The van der Waals surface area contributed by atoms with Crippen LogP contribution in [-0.2, 0) is 5.54 Å². The normalized spacial score (nSPS) is 19.0. The van der Waals surface area contributed by atoms with E-state index in [9.17, 15) is 0 Å². The molecule has 2 rings (SSSR count). The lowest BCUT2D eigenvalue weighted by Crippen LogP contribution is -2.41. The zero-order chi connectivity index (χ0) is 10.0. The number of hydrogen-bond donors (Lipinski definition) is 1. The van der Waals surface area contributed by atoms with Gasteiger partial charge in [0.05, 0.1) is 0 Å². The molecule has 0 unspecified atom stereocenters. The predicted octanol–water partition coefficient (Wildman–Crippen LogP) is 3.52. The zero-order valence-electron chi connectivity index (χ0n) is 9.05. The van der Waals surface area contributed by atoms with Crippen molar-refractivity contribution in [1.82, 2.24) is 5.32 Å². The maximum atomic E-state index is 3.77. The fraction of sp³-hybridized carbons (Fsp3) is 0.667. The summed E-state index contributed by atoms with van der Waals surface area (Å²) in [7, 11) is 0. The van der Waals surface area contributed by atoms with Gasteiger partial charge in [0.15, 0.2) is 0 Å². The van der Waals surface area contributed by atoms with E-state index >= 15 is 0 Å². The molecule has 78 valence electrons. The second-order valence-electron chi connectivity index (χ2n) is 4.73. The van der Waals surface area contributed by atoms with E-state index in [0.717, 1.165) is 6.04 Å². The Balaban J connectivity index is 2.01. The highest BCUT2D eigenvalue weighted by atomic mass is 32.1. The van der Waals surface area contributed by atoms with E-state index in [0.29, 0.717) is 0 Å². The van der Waals surface area contributed by atoms with Crippen LogP contribution < -0.4 is 5.32 Å². The average molecular weight is 209 g/mol. The molecule has 1 aromatic rings. The van der Waals surface area contributed by atoms with Crippen molar-refractivity contribution in [2.45, 2.75) is 51.1 Å². The van der Waals surface area contributed by atoms with E-state index in [1.807, 2.05) is 11.3 Å².